The minimum absolute atomic E-state index is 0.0398. The van der Waals surface area contributed by atoms with Crippen LogP contribution in [0.3, 0.4) is 0 Å². The van der Waals surface area contributed by atoms with E-state index in [-0.39, 0.29) is 42.8 Å². The van der Waals surface area contributed by atoms with E-state index in [1.54, 1.807) is 0 Å². The van der Waals surface area contributed by atoms with E-state index < -0.39 is 54.0 Å². The molecule has 0 bridgehead atoms. The highest BCUT2D eigenvalue weighted by molar-refractivity contribution is 6.31. The number of fused-ring (bicyclic) bond motifs is 1. The Kier molecular flexibility index (Phi) is 7.66. The fourth-order valence-electron chi connectivity index (χ4n) is 3.64. The maximum atomic E-state index is 13.4. The van der Waals surface area contributed by atoms with Gasteiger partial charge in [0.05, 0.1) is 24.0 Å². The molecule has 0 radical (unpaired) electrons. The molecule has 3 rings (SSSR count). The summed E-state index contributed by atoms with van der Waals surface area (Å²) < 4.78 is 13.4. The Bertz CT molecular complexity index is 1040. The Morgan fingerprint density at radius 1 is 1.26 bits per heavy atom. The first-order valence-electron chi connectivity index (χ1n) is 10.3. The highest BCUT2D eigenvalue weighted by atomic mass is 35.5. The largest absolute Gasteiger partial charge is 0.481 e. The number of aliphatic carboxylic acids is 1. The molecule has 0 aromatic heterocycles. The molecule has 34 heavy (non-hydrogen) atoms. The molecule has 0 spiro atoms. The third-order valence-electron chi connectivity index (χ3n) is 5.27. The number of benzene rings is 1. The molecule has 1 aromatic rings. The maximum absolute atomic E-state index is 13.4. The van der Waals surface area contributed by atoms with E-state index in [0.29, 0.717) is 6.42 Å². The van der Waals surface area contributed by atoms with E-state index >= 15 is 0 Å². The lowest BCUT2D eigenvalue weighted by Crippen LogP contribution is -2.64. The number of hydrazine groups is 2. The normalized spacial score (nSPS) is 19.1. The van der Waals surface area contributed by atoms with E-state index in [1.807, 2.05) is 0 Å². The summed E-state index contributed by atoms with van der Waals surface area (Å²) in [5, 5.41) is 13.7. The van der Waals surface area contributed by atoms with Gasteiger partial charge in [0.25, 0.3) is 5.91 Å². The van der Waals surface area contributed by atoms with Gasteiger partial charge in [0, 0.05) is 18.5 Å². The summed E-state index contributed by atoms with van der Waals surface area (Å²) >= 11 is 5.70. The lowest BCUT2D eigenvalue weighted by atomic mass is 10.1. The summed E-state index contributed by atoms with van der Waals surface area (Å²) in [4.78, 5) is 73.4. The van der Waals surface area contributed by atoms with E-state index in [9.17, 15) is 33.2 Å². The van der Waals surface area contributed by atoms with Gasteiger partial charge in [-0.05, 0) is 31.0 Å². The van der Waals surface area contributed by atoms with Crippen molar-refractivity contribution in [2.75, 3.05) is 13.1 Å². The number of halogens is 2. The van der Waals surface area contributed by atoms with Crippen molar-refractivity contribution in [3.8, 4) is 0 Å². The van der Waals surface area contributed by atoms with Gasteiger partial charge in [-0.25, -0.2) is 24.2 Å². The molecule has 1 aromatic carbocycles. The molecule has 2 aliphatic rings. The first-order chi connectivity index (χ1) is 16.1. The molecule has 12 nitrogen and oxygen atoms in total. The number of rotatable bonds is 7. The van der Waals surface area contributed by atoms with Crippen molar-refractivity contribution in [1.29, 1.82) is 0 Å². The van der Waals surface area contributed by atoms with Crippen molar-refractivity contribution in [2.24, 2.45) is 0 Å². The van der Waals surface area contributed by atoms with Crippen molar-refractivity contribution in [2.45, 2.75) is 37.8 Å². The lowest BCUT2D eigenvalue weighted by Gasteiger charge is -2.42. The van der Waals surface area contributed by atoms with Crippen molar-refractivity contribution in [3.05, 3.63) is 34.6 Å². The van der Waals surface area contributed by atoms with Crippen LogP contribution in [-0.2, 0) is 19.2 Å². The van der Waals surface area contributed by atoms with Gasteiger partial charge in [0.2, 0.25) is 11.8 Å². The van der Waals surface area contributed by atoms with Crippen LogP contribution in [0.1, 0.15) is 36.0 Å². The van der Waals surface area contributed by atoms with Crippen LogP contribution < -0.4 is 10.7 Å². The zero-order valence-corrected chi connectivity index (χ0v) is 18.5. The Morgan fingerprint density at radius 2 is 2.00 bits per heavy atom. The Balaban J connectivity index is 1.82. The maximum Gasteiger partial charge on any atom is 0.358 e. The molecule has 2 atom stereocenters. The topological polar surface area (TPSA) is 156 Å². The number of carboxylic acid groups (broad SMARTS) is 1. The van der Waals surface area contributed by atoms with Crippen LogP contribution in [0.4, 0.5) is 9.18 Å². The number of hydrogen-bond donors (Lipinski definition) is 3. The number of aldehydes is 1. The minimum Gasteiger partial charge on any atom is -0.481 e. The average Bonchev–Trinajstić information content (AvgIpc) is 2.92. The van der Waals surface area contributed by atoms with Crippen molar-refractivity contribution < 1.29 is 38.3 Å². The lowest BCUT2D eigenvalue weighted by molar-refractivity contribution is -0.155. The second kappa shape index (κ2) is 10.5. The number of urea groups is 1. The molecule has 2 heterocycles. The molecule has 182 valence electrons. The molecular weight excluding hydrogens is 477 g/mol. The van der Waals surface area contributed by atoms with Crippen LogP contribution >= 0.6 is 11.6 Å². The van der Waals surface area contributed by atoms with Gasteiger partial charge in [0.1, 0.15) is 18.1 Å². The fraction of sp³-hybridized carbons (Fsp3) is 0.400. The van der Waals surface area contributed by atoms with Gasteiger partial charge >= 0.3 is 12.0 Å². The first kappa shape index (κ1) is 24.9. The van der Waals surface area contributed by atoms with E-state index in [2.05, 4.69) is 10.7 Å². The quantitative estimate of drug-likeness (QED) is 0.458. The Hall–Kier alpha value is -3.74. The number of nitrogens with one attached hydrogen (secondary N) is 2. The number of nitrogens with zero attached hydrogens (tertiary/aromatic N) is 3. The van der Waals surface area contributed by atoms with Crippen LogP contribution in [-0.4, -0.2) is 81.3 Å². The predicted octanol–water partition coefficient (Wildman–Crippen LogP) is 0.316. The molecule has 5 amide bonds. The van der Waals surface area contributed by atoms with Crippen molar-refractivity contribution in [3.63, 3.8) is 0 Å². The number of hydrogen-bond acceptors (Lipinski definition) is 6. The monoisotopic (exact) mass is 497 g/mol. The van der Waals surface area contributed by atoms with Crippen molar-refractivity contribution >= 4 is 47.6 Å². The standard InChI is InChI=1S/C20H21ClFN5O7/c21-13-8-11(3-4-14(13)22)18(32)24-25-7-5-16(29)26-6-1-2-15(27(26)20(25)34)19(33)23-12(10-28)9-17(30)31/h3-4,8,10,12,15H,1-2,5-7,9H2,(H,23,33)(H,24,32)(H,30,31)/t12-,15-/m0/s1. The second-order valence-corrected chi connectivity index (χ2v) is 8.03. The Morgan fingerprint density at radius 3 is 2.65 bits per heavy atom. The van der Waals surface area contributed by atoms with Crippen LogP contribution in [0, 0.1) is 5.82 Å². The summed E-state index contributed by atoms with van der Waals surface area (Å²) in [5.41, 5.74) is 2.30. The number of carbonyl (C=O) groups excluding carboxylic acids is 5. The van der Waals surface area contributed by atoms with Crippen molar-refractivity contribution in [1.82, 2.24) is 25.8 Å². The molecule has 0 unspecified atom stereocenters. The predicted molar refractivity (Wildman–Crippen MR) is 112 cm³/mol. The average molecular weight is 498 g/mol. The SMILES string of the molecule is O=C[C@H](CC(=O)O)NC(=O)[C@@H]1CCCN2C(=O)CCN(NC(=O)c3ccc(F)c(Cl)c3)C(=O)N12. The van der Waals surface area contributed by atoms with E-state index in [4.69, 9.17) is 16.7 Å². The fourth-order valence-corrected chi connectivity index (χ4v) is 3.82. The highest BCUT2D eigenvalue weighted by Crippen LogP contribution is 2.24. The van der Waals surface area contributed by atoms with E-state index in [1.165, 1.54) is 0 Å². The minimum atomic E-state index is -1.32. The summed E-state index contributed by atoms with van der Waals surface area (Å²) in [6.07, 6.45) is -0.0333. The zero-order valence-electron chi connectivity index (χ0n) is 17.7. The summed E-state index contributed by atoms with van der Waals surface area (Å²) in [6.45, 7) is -0.0500. The summed E-state index contributed by atoms with van der Waals surface area (Å²) in [5.74, 6) is -4.12. The first-order valence-corrected chi connectivity index (χ1v) is 10.6. The van der Waals surface area contributed by atoms with Crippen LogP contribution in [0.2, 0.25) is 5.02 Å². The van der Waals surface area contributed by atoms with Gasteiger partial charge in [-0.3, -0.25) is 24.6 Å². The molecule has 2 saturated heterocycles. The van der Waals surface area contributed by atoms with Gasteiger partial charge < -0.3 is 15.2 Å². The van der Waals surface area contributed by atoms with Gasteiger partial charge in [-0.15, -0.1) is 0 Å². The molecular formula is C20H21ClFN5O7. The smallest absolute Gasteiger partial charge is 0.358 e. The summed E-state index contributed by atoms with van der Waals surface area (Å²) in [7, 11) is 0. The summed E-state index contributed by atoms with van der Waals surface area (Å²) in [6, 6.07) is -0.205. The van der Waals surface area contributed by atoms with Crippen LogP contribution in [0.15, 0.2) is 18.2 Å². The van der Waals surface area contributed by atoms with Gasteiger partial charge in [-0.1, -0.05) is 11.6 Å². The molecule has 3 N–H and O–H groups in total. The van der Waals surface area contributed by atoms with Crippen LogP contribution in [0.25, 0.3) is 0 Å². The third kappa shape index (κ3) is 5.42. The third-order valence-corrected chi connectivity index (χ3v) is 5.56. The van der Waals surface area contributed by atoms with Gasteiger partial charge in [-0.2, -0.15) is 0 Å². The number of carbonyl (C=O) groups is 6. The second-order valence-electron chi connectivity index (χ2n) is 7.62. The molecule has 2 fully saturated rings. The Labute approximate surface area is 197 Å². The highest BCUT2D eigenvalue weighted by Gasteiger charge is 2.44. The molecule has 2 aliphatic heterocycles. The number of amides is 5. The van der Waals surface area contributed by atoms with E-state index in [0.717, 1.165) is 33.2 Å². The van der Waals surface area contributed by atoms with Gasteiger partial charge in [0.15, 0.2) is 0 Å². The van der Waals surface area contributed by atoms with Crippen LogP contribution in [0.5, 0.6) is 0 Å². The number of carboxylic acids is 1. The molecule has 14 heteroatoms. The molecule has 0 aliphatic carbocycles. The molecule has 0 saturated carbocycles. The zero-order chi connectivity index (χ0) is 25.0.